The first-order valence-corrected chi connectivity index (χ1v) is 9.77. The van der Waals surface area contributed by atoms with E-state index in [1.54, 1.807) is 13.1 Å². The number of nitrogens with one attached hydrogen (secondary N) is 1. The number of carbonyl (C=O) groups excluding carboxylic acids is 1. The van der Waals surface area contributed by atoms with Gasteiger partial charge in [0.2, 0.25) is 0 Å². The summed E-state index contributed by atoms with van der Waals surface area (Å²) in [6.07, 6.45) is 0.871. The molecule has 0 bridgehead atoms. The molecule has 0 saturated heterocycles. The number of nitrogens with zero attached hydrogens (tertiary/aromatic N) is 1. The first-order chi connectivity index (χ1) is 13.6. The van der Waals surface area contributed by atoms with Crippen LogP contribution in [-0.2, 0) is 4.79 Å². The minimum atomic E-state index is -0.693. The lowest BCUT2D eigenvalue weighted by Gasteiger charge is -2.14. The molecule has 3 aromatic rings. The van der Waals surface area contributed by atoms with E-state index in [0.29, 0.717) is 12.4 Å². The Morgan fingerprint density at radius 3 is 2.79 bits per heavy atom. The smallest absolute Gasteiger partial charge is 0.280 e. The van der Waals surface area contributed by atoms with Crippen molar-refractivity contribution >= 4 is 38.8 Å². The highest BCUT2D eigenvalue weighted by Gasteiger charge is 2.15. The minimum absolute atomic E-state index is 0.332. The Balaban J connectivity index is 1.64. The van der Waals surface area contributed by atoms with E-state index in [4.69, 9.17) is 9.47 Å². The second kappa shape index (κ2) is 9.37. The topological polar surface area (TPSA) is 59.9 Å². The van der Waals surface area contributed by atoms with Crippen LogP contribution in [0.3, 0.4) is 0 Å². The average molecular weight is 441 g/mol. The molecule has 0 aliphatic rings. The Morgan fingerprint density at radius 1 is 1.18 bits per heavy atom. The molecule has 0 aromatic heterocycles. The van der Waals surface area contributed by atoms with Crippen molar-refractivity contribution in [2.75, 3.05) is 6.61 Å². The number of halogens is 1. The van der Waals surface area contributed by atoms with Crippen LogP contribution in [0.25, 0.3) is 10.8 Å². The second-order valence-corrected chi connectivity index (χ2v) is 6.94. The van der Waals surface area contributed by atoms with E-state index >= 15 is 0 Å². The summed E-state index contributed by atoms with van der Waals surface area (Å²) in [5.41, 5.74) is 3.32. The van der Waals surface area contributed by atoms with Gasteiger partial charge in [-0.1, -0.05) is 52.3 Å². The fourth-order valence-corrected chi connectivity index (χ4v) is 3.02. The number of hydrogen-bond donors (Lipinski definition) is 1. The van der Waals surface area contributed by atoms with Crippen molar-refractivity contribution in [3.8, 4) is 11.5 Å². The van der Waals surface area contributed by atoms with Gasteiger partial charge in [0.05, 0.1) is 12.8 Å². The maximum Gasteiger partial charge on any atom is 0.280 e. The number of ether oxygens (including phenoxy) is 2. The van der Waals surface area contributed by atoms with Crippen molar-refractivity contribution in [3.63, 3.8) is 0 Å². The van der Waals surface area contributed by atoms with E-state index in [2.05, 4.69) is 26.5 Å². The molecule has 3 rings (SSSR count). The average Bonchev–Trinajstić information content (AvgIpc) is 2.70. The number of carbonyl (C=O) groups is 1. The summed E-state index contributed by atoms with van der Waals surface area (Å²) in [5, 5.41) is 6.06. The lowest BCUT2D eigenvalue weighted by Crippen LogP contribution is -2.33. The number of amides is 1. The standard InChI is InChI=1S/C22H21BrN2O3/c1-3-27-18-11-12-20(23)17(13-18)14-24-25-22(26)15(2)28-21-10-6-8-16-7-4-5-9-19(16)21/h4-15H,3H2,1-2H3,(H,25,26)/b24-14-/t15-/m1/s1. The zero-order valence-electron chi connectivity index (χ0n) is 15.7. The van der Waals surface area contributed by atoms with E-state index < -0.39 is 6.10 Å². The molecule has 6 heteroatoms. The van der Waals surface area contributed by atoms with Gasteiger partial charge in [0, 0.05) is 15.4 Å². The monoisotopic (exact) mass is 440 g/mol. The van der Waals surface area contributed by atoms with Crippen molar-refractivity contribution < 1.29 is 14.3 Å². The molecular weight excluding hydrogens is 420 g/mol. The highest BCUT2D eigenvalue weighted by Crippen LogP contribution is 2.26. The van der Waals surface area contributed by atoms with Crippen LogP contribution in [0.4, 0.5) is 0 Å². The summed E-state index contributed by atoms with van der Waals surface area (Å²) in [7, 11) is 0. The molecule has 0 aliphatic heterocycles. The summed E-state index contributed by atoms with van der Waals surface area (Å²) in [6.45, 7) is 4.20. The summed E-state index contributed by atoms with van der Waals surface area (Å²) < 4.78 is 12.2. The van der Waals surface area contributed by atoms with Crippen molar-refractivity contribution in [1.82, 2.24) is 5.43 Å². The van der Waals surface area contributed by atoms with Crippen LogP contribution in [0.15, 0.2) is 70.2 Å². The van der Waals surface area contributed by atoms with E-state index in [-0.39, 0.29) is 5.91 Å². The highest BCUT2D eigenvalue weighted by molar-refractivity contribution is 9.10. The number of benzene rings is 3. The zero-order chi connectivity index (χ0) is 19.9. The maximum absolute atomic E-state index is 12.3. The largest absolute Gasteiger partial charge is 0.494 e. The quantitative estimate of drug-likeness (QED) is 0.418. The third-order valence-corrected chi connectivity index (χ3v) is 4.80. The molecule has 3 aromatic carbocycles. The first kappa shape index (κ1) is 19.9. The normalized spacial score (nSPS) is 12.1. The van der Waals surface area contributed by atoms with Crippen LogP contribution in [-0.4, -0.2) is 24.8 Å². The molecule has 0 saturated carbocycles. The third-order valence-electron chi connectivity index (χ3n) is 4.08. The molecule has 1 amide bonds. The Morgan fingerprint density at radius 2 is 1.96 bits per heavy atom. The molecule has 28 heavy (non-hydrogen) atoms. The molecule has 0 heterocycles. The molecule has 0 spiro atoms. The lowest BCUT2D eigenvalue weighted by atomic mass is 10.1. The Labute approximate surface area is 172 Å². The van der Waals surface area contributed by atoms with Gasteiger partial charge in [-0.3, -0.25) is 4.79 Å². The van der Waals surface area contributed by atoms with Gasteiger partial charge >= 0.3 is 0 Å². The fourth-order valence-electron chi connectivity index (χ4n) is 2.68. The van der Waals surface area contributed by atoms with Crippen molar-refractivity contribution in [1.29, 1.82) is 0 Å². The Hall–Kier alpha value is -2.86. The molecule has 1 N–H and O–H groups in total. The molecule has 0 unspecified atom stereocenters. The van der Waals surface area contributed by atoms with Crippen molar-refractivity contribution in [2.24, 2.45) is 5.10 Å². The second-order valence-electron chi connectivity index (χ2n) is 6.09. The molecular formula is C22H21BrN2O3. The molecule has 0 aliphatic carbocycles. The van der Waals surface area contributed by atoms with Crippen LogP contribution in [0.5, 0.6) is 11.5 Å². The first-order valence-electron chi connectivity index (χ1n) is 8.98. The molecule has 1 atom stereocenters. The van der Waals surface area contributed by atoms with Gasteiger partial charge in [0.15, 0.2) is 6.10 Å². The fraction of sp³-hybridized carbons (Fsp3) is 0.182. The van der Waals surface area contributed by atoms with Gasteiger partial charge in [0.25, 0.3) is 5.91 Å². The van der Waals surface area contributed by atoms with Crippen LogP contribution in [0, 0.1) is 0 Å². The van der Waals surface area contributed by atoms with Crippen molar-refractivity contribution in [2.45, 2.75) is 20.0 Å². The van der Waals surface area contributed by atoms with E-state index in [9.17, 15) is 4.79 Å². The van der Waals surface area contributed by atoms with E-state index in [1.807, 2.05) is 67.6 Å². The molecule has 0 radical (unpaired) electrons. The maximum atomic E-state index is 12.3. The summed E-state index contributed by atoms with van der Waals surface area (Å²) >= 11 is 3.46. The van der Waals surface area contributed by atoms with E-state index in [1.165, 1.54) is 0 Å². The number of rotatable bonds is 7. The summed E-state index contributed by atoms with van der Waals surface area (Å²) in [4.78, 5) is 12.3. The SMILES string of the molecule is CCOc1ccc(Br)c(/C=N\NC(=O)[C@@H](C)Oc2cccc3ccccc23)c1. The number of hydrazone groups is 1. The Kier molecular flexibility index (Phi) is 6.66. The third kappa shape index (κ3) is 4.89. The van der Waals surface area contributed by atoms with Gasteiger partial charge in [-0.2, -0.15) is 5.10 Å². The molecule has 144 valence electrons. The van der Waals surface area contributed by atoms with Crippen LogP contribution in [0.2, 0.25) is 0 Å². The van der Waals surface area contributed by atoms with Gasteiger partial charge in [-0.05, 0) is 43.5 Å². The van der Waals surface area contributed by atoms with Crippen LogP contribution < -0.4 is 14.9 Å². The summed E-state index contributed by atoms with van der Waals surface area (Å²) in [5.74, 6) is 1.07. The van der Waals surface area contributed by atoms with Gasteiger partial charge in [-0.25, -0.2) is 5.43 Å². The van der Waals surface area contributed by atoms with E-state index in [0.717, 1.165) is 26.6 Å². The molecule has 5 nitrogen and oxygen atoms in total. The highest BCUT2D eigenvalue weighted by atomic mass is 79.9. The van der Waals surface area contributed by atoms with Crippen LogP contribution >= 0.6 is 15.9 Å². The Bertz CT molecular complexity index is 999. The predicted molar refractivity (Wildman–Crippen MR) is 115 cm³/mol. The lowest BCUT2D eigenvalue weighted by molar-refractivity contribution is -0.127. The molecule has 0 fully saturated rings. The summed E-state index contributed by atoms with van der Waals surface area (Å²) in [6, 6.07) is 19.2. The zero-order valence-corrected chi connectivity index (χ0v) is 17.3. The van der Waals surface area contributed by atoms with Crippen LogP contribution in [0.1, 0.15) is 19.4 Å². The van der Waals surface area contributed by atoms with Gasteiger partial charge < -0.3 is 9.47 Å². The van der Waals surface area contributed by atoms with Crippen molar-refractivity contribution in [3.05, 3.63) is 70.7 Å². The minimum Gasteiger partial charge on any atom is -0.494 e. The van der Waals surface area contributed by atoms with Gasteiger partial charge in [0.1, 0.15) is 11.5 Å². The number of fused-ring (bicyclic) bond motifs is 1. The van der Waals surface area contributed by atoms with Gasteiger partial charge in [-0.15, -0.1) is 0 Å². The number of hydrogen-bond acceptors (Lipinski definition) is 4. The predicted octanol–water partition coefficient (Wildman–Crippen LogP) is 4.92.